The monoisotopic (exact) mass is 469 g/mol. The quantitative estimate of drug-likeness (QED) is 0.365. The van der Waals surface area contributed by atoms with E-state index in [9.17, 15) is 8.42 Å². The average molecular weight is 470 g/mol. The lowest BCUT2D eigenvalue weighted by Crippen LogP contribution is -2.26. The SMILES string of the molecule is CCOc1ccc(N(C)S(=O)(=O)c2ccsc2-c2nc(-c3ccc(C)c(C)c3)no2)cc1. The van der Waals surface area contributed by atoms with Gasteiger partial charge >= 0.3 is 0 Å². The highest BCUT2D eigenvalue weighted by molar-refractivity contribution is 7.93. The molecule has 2 aromatic heterocycles. The van der Waals surface area contributed by atoms with Crippen molar-refractivity contribution in [1.29, 1.82) is 0 Å². The van der Waals surface area contributed by atoms with E-state index in [1.807, 2.05) is 39.0 Å². The number of nitrogens with zero attached hydrogens (tertiary/aromatic N) is 3. The molecule has 9 heteroatoms. The first-order valence-corrected chi connectivity index (χ1v) is 12.3. The summed E-state index contributed by atoms with van der Waals surface area (Å²) in [5, 5.41) is 5.77. The van der Waals surface area contributed by atoms with Gasteiger partial charge in [-0.25, -0.2) is 8.42 Å². The van der Waals surface area contributed by atoms with Crippen LogP contribution in [0.2, 0.25) is 0 Å². The standard InChI is InChI=1S/C23H23N3O4S2/c1-5-29-19-10-8-18(9-11-19)26(4)32(27,28)20-12-13-31-21(20)23-24-22(25-30-23)17-7-6-15(2)16(3)14-17/h6-14H,5H2,1-4H3. The van der Waals surface area contributed by atoms with Crippen LogP contribution < -0.4 is 9.04 Å². The number of sulfonamides is 1. The summed E-state index contributed by atoms with van der Waals surface area (Å²) in [5.74, 6) is 1.27. The Kier molecular flexibility index (Phi) is 6.03. The molecule has 0 aliphatic heterocycles. The molecule has 0 atom stereocenters. The predicted octanol–water partition coefficient (Wildman–Crippen LogP) is 5.31. The summed E-state index contributed by atoms with van der Waals surface area (Å²) in [6, 6.07) is 14.4. The number of aromatic nitrogens is 2. The topological polar surface area (TPSA) is 85.5 Å². The van der Waals surface area contributed by atoms with Crippen LogP contribution in [0.3, 0.4) is 0 Å². The molecule has 0 saturated heterocycles. The van der Waals surface area contributed by atoms with E-state index < -0.39 is 10.0 Å². The molecule has 0 aliphatic carbocycles. The van der Waals surface area contributed by atoms with E-state index in [0.29, 0.717) is 28.7 Å². The highest BCUT2D eigenvalue weighted by atomic mass is 32.2. The Balaban J connectivity index is 1.65. The summed E-state index contributed by atoms with van der Waals surface area (Å²) in [4.78, 5) is 4.99. The third-order valence-electron chi connectivity index (χ3n) is 5.16. The van der Waals surface area contributed by atoms with Crippen molar-refractivity contribution < 1.29 is 17.7 Å². The van der Waals surface area contributed by atoms with Crippen molar-refractivity contribution in [1.82, 2.24) is 10.1 Å². The number of aryl methyl sites for hydroxylation is 2. The maximum Gasteiger partial charge on any atom is 0.269 e. The second-order valence-corrected chi connectivity index (χ2v) is 10.1. The van der Waals surface area contributed by atoms with Crippen LogP contribution >= 0.6 is 11.3 Å². The number of hydrogen-bond acceptors (Lipinski definition) is 7. The molecule has 0 unspecified atom stereocenters. The van der Waals surface area contributed by atoms with Gasteiger partial charge in [-0.2, -0.15) is 4.98 Å². The Hall–Kier alpha value is -3.17. The van der Waals surface area contributed by atoms with Crippen molar-refractivity contribution in [2.24, 2.45) is 0 Å². The Morgan fingerprint density at radius 2 is 1.81 bits per heavy atom. The van der Waals surface area contributed by atoms with Gasteiger partial charge in [-0.05, 0) is 73.7 Å². The van der Waals surface area contributed by atoms with Crippen molar-refractivity contribution in [3.05, 3.63) is 65.0 Å². The van der Waals surface area contributed by atoms with Crippen molar-refractivity contribution in [2.45, 2.75) is 25.7 Å². The van der Waals surface area contributed by atoms with E-state index in [1.54, 1.807) is 35.7 Å². The molecule has 0 aliphatic rings. The Morgan fingerprint density at radius 1 is 1.06 bits per heavy atom. The maximum atomic E-state index is 13.4. The van der Waals surface area contributed by atoms with Crippen molar-refractivity contribution in [3.8, 4) is 27.9 Å². The highest BCUT2D eigenvalue weighted by Crippen LogP contribution is 2.36. The molecule has 0 amide bonds. The van der Waals surface area contributed by atoms with Gasteiger partial charge in [0.25, 0.3) is 15.9 Å². The molecular formula is C23H23N3O4S2. The zero-order valence-electron chi connectivity index (χ0n) is 18.2. The van der Waals surface area contributed by atoms with Crippen LogP contribution in [0, 0.1) is 13.8 Å². The summed E-state index contributed by atoms with van der Waals surface area (Å²) in [5.41, 5.74) is 3.62. The largest absolute Gasteiger partial charge is 0.494 e. The molecule has 166 valence electrons. The minimum Gasteiger partial charge on any atom is -0.494 e. The minimum atomic E-state index is -3.85. The first-order chi connectivity index (χ1) is 15.3. The fourth-order valence-electron chi connectivity index (χ4n) is 3.18. The zero-order chi connectivity index (χ0) is 22.9. The van der Waals surface area contributed by atoms with E-state index in [4.69, 9.17) is 9.26 Å². The minimum absolute atomic E-state index is 0.120. The van der Waals surface area contributed by atoms with Crippen LogP contribution in [0.15, 0.2) is 63.3 Å². The lowest BCUT2D eigenvalue weighted by molar-refractivity contribution is 0.340. The van der Waals surface area contributed by atoms with Gasteiger partial charge in [0.2, 0.25) is 5.82 Å². The Bertz CT molecular complexity index is 1340. The maximum absolute atomic E-state index is 13.4. The molecule has 0 bridgehead atoms. The molecule has 0 radical (unpaired) electrons. The molecule has 2 heterocycles. The molecular weight excluding hydrogens is 446 g/mol. The van der Waals surface area contributed by atoms with Crippen molar-refractivity contribution in [2.75, 3.05) is 18.0 Å². The second kappa shape index (κ2) is 8.76. The fraction of sp³-hybridized carbons (Fsp3) is 0.217. The van der Waals surface area contributed by atoms with Crippen LogP contribution in [0.5, 0.6) is 5.75 Å². The van der Waals surface area contributed by atoms with Gasteiger partial charge in [0.1, 0.15) is 15.5 Å². The summed E-state index contributed by atoms with van der Waals surface area (Å²) in [7, 11) is -2.33. The number of thiophene rings is 1. The van der Waals surface area contributed by atoms with Gasteiger partial charge in [-0.3, -0.25) is 4.31 Å². The molecule has 0 fully saturated rings. The molecule has 0 N–H and O–H groups in total. The van der Waals surface area contributed by atoms with Crippen LogP contribution in [0.4, 0.5) is 5.69 Å². The highest BCUT2D eigenvalue weighted by Gasteiger charge is 2.28. The lowest BCUT2D eigenvalue weighted by Gasteiger charge is -2.19. The average Bonchev–Trinajstić information content (AvgIpc) is 3.46. The molecule has 2 aromatic carbocycles. The van der Waals surface area contributed by atoms with E-state index in [2.05, 4.69) is 10.1 Å². The van der Waals surface area contributed by atoms with Gasteiger partial charge in [0.05, 0.1) is 12.3 Å². The number of benzene rings is 2. The molecule has 4 aromatic rings. The smallest absolute Gasteiger partial charge is 0.269 e. The van der Waals surface area contributed by atoms with Gasteiger partial charge in [0.15, 0.2) is 0 Å². The summed E-state index contributed by atoms with van der Waals surface area (Å²) in [6.45, 7) is 6.48. The number of rotatable bonds is 7. The van der Waals surface area contributed by atoms with E-state index >= 15 is 0 Å². The normalized spacial score (nSPS) is 11.5. The number of anilines is 1. The van der Waals surface area contributed by atoms with Gasteiger partial charge in [-0.15, -0.1) is 11.3 Å². The molecule has 32 heavy (non-hydrogen) atoms. The van der Waals surface area contributed by atoms with E-state index in [1.165, 1.54) is 28.3 Å². The van der Waals surface area contributed by atoms with Crippen molar-refractivity contribution >= 4 is 27.0 Å². The first-order valence-electron chi connectivity index (χ1n) is 10.0. The number of ether oxygens (including phenoxy) is 1. The van der Waals surface area contributed by atoms with Gasteiger partial charge in [-0.1, -0.05) is 17.3 Å². The van der Waals surface area contributed by atoms with Crippen LogP contribution in [0.25, 0.3) is 22.2 Å². The molecule has 7 nitrogen and oxygen atoms in total. The molecule has 0 spiro atoms. The summed E-state index contributed by atoms with van der Waals surface area (Å²) < 4.78 is 38.9. The fourth-order valence-corrected chi connectivity index (χ4v) is 5.69. The summed E-state index contributed by atoms with van der Waals surface area (Å²) >= 11 is 1.24. The number of hydrogen-bond donors (Lipinski definition) is 0. The predicted molar refractivity (Wildman–Crippen MR) is 126 cm³/mol. The second-order valence-electron chi connectivity index (χ2n) is 7.24. The van der Waals surface area contributed by atoms with Gasteiger partial charge in [0, 0.05) is 12.6 Å². The Labute approximate surface area is 191 Å². The van der Waals surface area contributed by atoms with Crippen LogP contribution in [0.1, 0.15) is 18.1 Å². The van der Waals surface area contributed by atoms with Gasteiger partial charge < -0.3 is 9.26 Å². The van der Waals surface area contributed by atoms with Crippen molar-refractivity contribution in [3.63, 3.8) is 0 Å². The zero-order valence-corrected chi connectivity index (χ0v) is 19.8. The molecule has 4 rings (SSSR count). The Morgan fingerprint density at radius 3 is 2.50 bits per heavy atom. The first kappa shape index (κ1) is 22.0. The van der Waals surface area contributed by atoms with E-state index in [-0.39, 0.29) is 10.8 Å². The van der Waals surface area contributed by atoms with Crippen LogP contribution in [-0.2, 0) is 10.0 Å². The third kappa shape index (κ3) is 4.13. The summed E-state index contributed by atoms with van der Waals surface area (Å²) in [6.07, 6.45) is 0. The van der Waals surface area contributed by atoms with Crippen LogP contribution in [-0.4, -0.2) is 32.2 Å². The third-order valence-corrected chi connectivity index (χ3v) is 8.02. The molecule has 0 saturated carbocycles. The van der Waals surface area contributed by atoms with E-state index in [0.717, 1.165) is 11.1 Å². The lowest BCUT2D eigenvalue weighted by atomic mass is 10.1.